The standard InChI is InChI=1S/C6H13NO4S2/c1-3-5-6(12-4-2)7-11-13(8,9)10/h3,6-7H,1,4-5H2,2H3,(H,8,9,10)/p-1. The molecule has 78 valence electrons. The summed E-state index contributed by atoms with van der Waals surface area (Å²) in [5.74, 6) is 0.785. The summed E-state index contributed by atoms with van der Waals surface area (Å²) in [4.78, 5) is 0. The summed E-state index contributed by atoms with van der Waals surface area (Å²) in [5, 5.41) is -0.258. The Morgan fingerprint density at radius 2 is 2.38 bits per heavy atom. The van der Waals surface area contributed by atoms with E-state index < -0.39 is 10.4 Å². The van der Waals surface area contributed by atoms with Gasteiger partial charge in [0.2, 0.25) is 10.4 Å². The van der Waals surface area contributed by atoms with Crippen molar-refractivity contribution in [2.24, 2.45) is 0 Å². The molecule has 1 atom stereocenters. The van der Waals surface area contributed by atoms with Crippen LogP contribution in [-0.4, -0.2) is 24.1 Å². The summed E-state index contributed by atoms with van der Waals surface area (Å²) in [6.07, 6.45) is 2.13. The molecular formula is C6H12NO4S2-. The zero-order valence-corrected chi connectivity index (χ0v) is 8.86. The highest BCUT2D eigenvalue weighted by Gasteiger charge is 2.06. The van der Waals surface area contributed by atoms with Crippen LogP contribution in [0.3, 0.4) is 0 Å². The van der Waals surface area contributed by atoms with Crippen LogP contribution >= 0.6 is 11.8 Å². The van der Waals surface area contributed by atoms with Gasteiger partial charge in [0.05, 0.1) is 5.37 Å². The van der Waals surface area contributed by atoms with E-state index in [4.69, 9.17) is 0 Å². The monoisotopic (exact) mass is 226 g/mol. The molecule has 0 amide bonds. The number of hydrogen-bond donors (Lipinski definition) is 1. The van der Waals surface area contributed by atoms with E-state index in [-0.39, 0.29) is 5.37 Å². The van der Waals surface area contributed by atoms with Crippen molar-refractivity contribution in [2.45, 2.75) is 18.7 Å². The lowest BCUT2D eigenvalue weighted by Gasteiger charge is -2.16. The highest BCUT2D eigenvalue weighted by molar-refractivity contribution is 7.99. The summed E-state index contributed by atoms with van der Waals surface area (Å²) in [6, 6.07) is 0. The van der Waals surface area contributed by atoms with E-state index >= 15 is 0 Å². The van der Waals surface area contributed by atoms with E-state index in [0.29, 0.717) is 6.42 Å². The van der Waals surface area contributed by atoms with Gasteiger partial charge in [0.25, 0.3) is 0 Å². The van der Waals surface area contributed by atoms with Crippen molar-refractivity contribution in [2.75, 3.05) is 5.75 Å². The number of thioether (sulfide) groups is 1. The molecule has 0 aromatic rings. The average Bonchev–Trinajstić information content (AvgIpc) is 2.00. The van der Waals surface area contributed by atoms with Crippen LogP contribution in [0.1, 0.15) is 13.3 Å². The van der Waals surface area contributed by atoms with Crippen LogP contribution in [0, 0.1) is 0 Å². The highest BCUT2D eigenvalue weighted by atomic mass is 32.3. The Morgan fingerprint density at radius 1 is 1.77 bits per heavy atom. The predicted molar refractivity (Wildman–Crippen MR) is 50.7 cm³/mol. The van der Waals surface area contributed by atoms with Crippen LogP contribution in [0.25, 0.3) is 0 Å². The van der Waals surface area contributed by atoms with Gasteiger partial charge in [0.1, 0.15) is 0 Å². The molecule has 0 heterocycles. The number of nitrogens with one attached hydrogen (secondary N) is 1. The molecule has 0 aromatic carbocycles. The Kier molecular flexibility index (Phi) is 6.35. The van der Waals surface area contributed by atoms with Gasteiger partial charge in [0.15, 0.2) is 0 Å². The van der Waals surface area contributed by atoms with Gasteiger partial charge in [-0.1, -0.05) is 13.0 Å². The van der Waals surface area contributed by atoms with Crippen molar-refractivity contribution in [1.82, 2.24) is 5.48 Å². The minimum absolute atomic E-state index is 0.258. The van der Waals surface area contributed by atoms with Crippen LogP contribution in [0.2, 0.25) is 0 Å². The smallest absolute Gasteiger partial charge is 0.234 e. The van der Waals surface area contributed by atoms with E-state index in [1.807, 2.05) is 6.92 Å². The summed E-state index contributed by atoms with van der Waals surface area (Å²) >= 11 is 1.43. The first-order chi connectivity index (χ1) is 5.99. The van der Waals surface area contributed by atoms with Gasteiger partial charge in [-0.25, -0.2) is 8.42 Å². The largest absolute Gasteiger partial charge is 0.724 e. The lowest BCUT2D eigenvalue weighted by atomic mass is 10.4. The van der Waals surface area contributed by atoms with Gasteiger partial charge < -0.3 is 4.55 Å². The minimum atomic E-state index is -4.66. The Hall–Kier alpha value is -0.0800. The zero-order valence-electron chi connectivity index (χ0n) is 7.23. The molecule has 0 aliphatic carbocycles. The summed E-state index contributed by atoms with van der Waals surface area (Å²) in [5.41, 5.74) is 2.15. The second kappa shape index (κ2) is 6.39. The molecule has 13 heavy (non-hydrogen) atoms. The first-order valence-corrected chi connectivity index (χ1v) is 6.00. The molecule has 0 aliphatic rings. The Balaban J connectivity index is 3.88. The van der Waals surface area contributed by atoms with E-state index in [1.165, 1.54) is 11.8 Å². The molecule has 0 spiro atoms. The summed E-state index contributed by atoms with van der Waals surface area (Å²) < 4.78 is 34.1. The number of hydrogen-bond acceptors (Lipinski definition) is 6. The topological polar surface area (TPSA) is 78.5 Å². The van der Waals surface area contributed by atoms with Crippen molar-refractivity contribution in [3.05, 3.63) is 12.7 Å². The fourth-order valence-electron chi connectivity index (χ4n) is 0.615. The number of rotatable bonds is 7. The van der Waals surface area contributed by atoms with Crippen LogP contribution in [-0.2, 0) is 14.7 Å². The van der Waals surface area contributed by atoms with Gasteiger partial charge in [-0.05, 0) is 12.2 Å². The van der Waals surface area contributed by atoms with E-state index in [0.717, 1.165) is 5.75 Å². The first-order valence-electron chi connectivity index (χ1n) is 3.62. The van der Waals surface area contributed by atoms with Crippen LogP contribution in [0.15, 0.2) is 12.7 Å². The first kappa shape index (κ1) is 12.9. The third-order valence-electron chi connectivity index (χ3n) is 1.03. The molecule has 0 fully saturated rings. The molecule has 0 saturated carbocycles. The van der Waals surface area contributed by atoms with Gasteiger partial charge in [-0.15, -0.1) is 18.3 Å². The fourth-order valence-corrected chi connectivity index (χ4v) is 1.70. The average molecular weight is 226 g/mol. The van der Waals surface area contributed by atoms with Crippen molar-refractivity contribution in [1.29, 1.82) is 0 Å². The van der Waals surface area contributed by atoms with Gasteiger partial charge >= 0.3 is 0 Å². The molecule has 5 nitrogen and oxygen atoms in total. The molecule has 0 radical (unpaired) electrons. The van der Waals surface area contributed by atoms with Crippen LogP contribution < -0.4 is 5.48 Å². The maximum absolute atomic E-state index is 10.1. The van der Waals surface area contributed by atoms with Crippen molar-refractivity contribution in [3.63, 3.8) is 0 Å². The number of hydroxylamine groups is 1. The van der Waals surface area contributed by atoms with E-state index in [9.17, 15) is 13.0 Å². The highest BCUT2D eigenvalue weighted by Crippen LogP contribution is 2.11. The summed E-state index contributed by atoms with van der Waals surface area (Å²) in [6.45, 7) is 5.40. The van der Waals surface area contributed by atoms with Crippen LogP contribution in [0.4, 0.5) is 0 Å². The molecule has 1 unspecified atom stereocenters. The van der Waals surface area contributed by atoms with Gasteiger partial charge in [-0.2, -0.15) is 9.76 Å². The van der Waals surface area contributed by atoms with E-state index in [2.05, 4.69) is 16.3 Å². The summed E-state index contributed by atoms with van der Waals surface area (Å²) in [7, 11) is -4.66. The fraction of sp³-hybridized carbons (Fsp3) is 0.667. The maximum Gasteiger partial charge on any atom is 0.234 e. The molecule has 0 aromatic heterocycles. The maximum atomic E-state index is 10.1. The quantitative estimate of drug-likeness (QED) is 0.225. The SMILES string of the molecule is C=CCC(NOS(=O)(=O)[O-])SCC. The third-order valence-corrected chi connectivity index (χ3v) is 2.35. The molecule has 0 rings (SSSR count). The molecule has 7 heteroatoms. The normalized spacial score (nSPS) is 14.0. The molecule has 0 saturated heterocycles. The van der Waals surface area contributed by atoms with Crippen molar-refractivity contribution < 1.29 is 17.3 Å². The van der Waals surface area contributed by atoms with Crippen molar-refractivity contribution >= 4 is 22.2 Å². The Morgan fingerprint density at radius 3 is 2.77 bits per heavy atom. The lowest BCUT2D eigenvalue weighted by molar-refractivity contribution is 0.164. The molecule has 1 N–H and O–H groups in total. The van der Waals surface area contributed by atoms with Crippen molar-refractivity contribution in [3.8, 4) is 0 Å². The molecule has 0 bridgehead atoms. The lowest BCUT2D eigenvalue weighted by Crippen LogP contribution is -2.28. The van der Waals surface area contributed by atoms with Crippen LogP contribution in [0.5, 0.6) is 0 Å². The predicted octanol–water partition coefficient (Wildman–Crippen LogP) is 0.623. The Labute approximate surface area is 82.5 Å². The zero-order chi connectivity index (χ0) is 10.3. The molecular weight excluding hydrogens is 214 g/mol. The van der Waals surface area contributed by atoms with E-state index in [1.54, 1.807) is 6.08 Å². The second-order valence-corrected chi connectivity index (χ2v) is 4.54. The molecule has 0 aliphatic heterocycles. The third kappa shape index (κ3) is 8.26. The van der Waals surface area contributed by atoms with Gasteiger partial charge in [-0.3, -0.25) is 0 Å². The Bertz CT molecular complexity index is 239. The minimum Gasteiger partial charge on any atom is -0.724 e. The van der Waals surface area contributed by atoms with Gasteiger partial charge in [0, 0.05) is 0 Å². The second-order valence-electron chi connectivity index (χ2n) is 2.08.